The first kappa shape index (κ1) is 36.1. The summed E-state index contributed by atoms with van der Waals surface area (Å²) in [6.07, 6.45) is 1.42. The van der Waals surface area contributed by atoms with Gasteiger partial charge in [0.25, 0.3) is 0 Å². The summed E-state index contributed by atoms with van der Waals surface area (Å²) in [5, 5.41) is 45.9. The Bertz CT molecular complexity index is 758. The van der Waals surface area contributed by atoms with Crippen molar-refractivity contribution in [3.8, 4) is 0 Å². The number of ether oxygens (including phenoxy) is 2. The number of aliphatic carboxylic acids is 3. The predicted octanol–water partition coefficient (Wildman–Crippen LogP) is 0.664. The molecule has 0 aromatic rings. The molecule has 0 spiro atoms. The van der Waals surface area contributed by atoms with Gasteiger partial charge in [-0.1, -0.05) is 27.2 Å². The molecule has 6 N–H and O–H groups in total. The van der Waals surface area contributed by atoms with Crippen molar-refractivity contribution in [3.63, 3.8) is 0 Å². The van der Waals surface area contributed by atoms with E-state index >= 15 is 0 Å². The van der Waals surface area contributed by atoms with Crippen LogP contribution in [-0.2, 0) is 38.2 Å². The zero-order chi connectivity index (χ0) is 29.2. The van der Waals surface area contributed by atoms with E-state index in [4.69, 9.17) is 25.5 Å². The van der Waals surface area contributed by atoms with E-state index in [-0.39, 0.29) is 37.6 Å². The first-order valence-corrected chi connectivity index (χ1v) is 11.8. The molecule has 0 radical (unpaired) electrons. The molecule has 0 aliphatic carbocycles. The number of carboxylic acids is 3. The van der Waals surface area contributed by atoms with E-state index in [0.29, 0.717) is 6.42 Å². The van der Waals surface area contributed by atoms with Crippen LogP contribution in [0.3, 0.4) is 0 Å². The van der Waals surface area contributed by atoms with Crippen LogP contribution in [0.1, 0.15) is 79.1 Å². The van der Waals surface area contributed by atoms with E-state index in [1.807, 2.05) is 20.8 Å². The van der Waals surface area contributed by atoms with Gasteiger partial charge in [-0.05, 0) is 38.6 Å². The Kier molecular flexibility index (Phi) is 18.6. The lowest BCUT2D eigenvalue weighted by atomic mass is 10.1. The van der Waals surface area contributed by atoms with Gasteiger partial charge in [-0.25, -0.2) is 4.79 Å². The second kappa shape index (κ2) is 19.1. The Balaban J connectivity index is 0. The zero-order valence-electron chi connectivity index (χ0n) is 21.6. The number of hydrogen-bond acceptors (Lipinski definition) is 11. The third-order valence-corrected chi connectivity index (χ3v) is 4.63. The van der Waals surface area contributed by atoms with Gasteiger partial charge in [0.2, 0.25) is 0 Å². The highest BCUT2D eigenvalue weighted by atomic mass is 16.6. The van der Waals surface area contributed by atoms with Crippen molar-refractivity contribution in [2.45, 2.75) is 97.0 Å². The maximum absolute atomic E-state index is 11.0. The molecule has 1 heterocycles. The second-order valence-electron chi connectivity index (χ2n) is 8.59. The van der Waals surface area contributed by atoms with Crippen LogP contribution in [0.15, 0.2) is 0 Å². The van der Waals surface area contributed by atoms with Gasteiger partial charge in [0.15, 0.2) is 6.10 Å². The molecule has 1 saturated heterocycles. The summed E-state index contributed by atoms with van der Waals surface area (Å²) in [6.45, 7) is 7.50. The highest BCUT2D eigenvalue weighted by molar-refractivity contribution is 5.87. The molecule has 0 aromatic carbocycles. The summed E-state index contributed by atoms with van der Waals surface area (Å²) in [6, 6.07) is -0.269. The molecule has 1 rings (SSSR count). The lowest BCUT2D eigenvalue weighted by Crippen LogP contribution is -2.49. The highest BCUT2D eigenvalue weighted by Gasteiger charge is 2.42. The molecule has 14 heteroatoms. The summed E-state index contributed by atoms with van der Waals surface area (Å²) >= 11 is 0. The molecule has 0 bridgehead atoms. The van der Waals surface area contributed by atoms with Crippen LogP contribution >= 0.6 is 0 Å². The number of esters is 3. The van der Waals surface area contributed by atoms with Crippen LogP contribution in [0, 0.1) is 5.92 Å². The fourth-order valence-corrected chi connectivity index (χ4v) is 2.49. The largest absolute Gasteiger partial charge is 0.481 e. The molecule has 37 heavy (non-hydrogen) atoms. The van der Waals surface area contributed by atoms with Crippen molar-refractivity contribution >= 4 is 35.8 Å². The van der Waals surface area contributed by atoms with Crippen LogP contribution in [0.25, 0.3) is 0 Å². The van der Waals surface area contributed by atoms with Crippen molar-refractivity contribution < 1.29 is 63.8 Å². The Morgan fingerprint density at radius 3 is 1.89 bits per heavy atom. The monoisotopic (exact) mass is 537 g/mol. The molecular formula is C23H39NO13. The van der Waals surface area contributed by atoms with E-state index in [9.17, 15) is 28.8 Å². The van der Waals surface area contributed by atoms with Crippen LogP contribution in [0.5, 0.6) is 0 Å². The van der Waals surface area contributed by atoms with Gasteiger partial charge >= 0.3 is 41.6 Å². The highest BCUT2D eigenvalue weighted by Crippen LogP contribution is 2.12. The van der Waals surface area contributed by atoms with Crippen LogP contribution in [-0.4, -0.2) is 85.8 Å². The van der Waals surface area contributed by atoms with Crippen molar-refractivity contribution in [1.82, 2.24) is 5.32 Å². The van der Waals surface area contributed by atoms with Gasteiger partial charge in [0.1, 0.15) is 6.04 Å². The molecule has 214 valence electrons. The second-order valence-corrected chi connectivity index (χ2v) is 8.59. The number of rotatable bonds is 12. The predicted molar refractivity (Wildman–Crippen MR) is 126 cm³/mol. The SMILES string of the molecule is CC(C)CC(=O)OC(=O)CCC(=O)O.CCCCC(=O)OC(C)C(O)(O)C(=O)O.O=C(O)[C@@H]1CCCN1. The van der Waals surface area contributed by atoms with Gasteiger partial charge in [0.05, 0.1) is 12.8 Å². The summed E-state index contributed by atoms with van der Waals surface area (Å²) in [4.78, 5) is 63.4. The summed E-state index contributed by atoms with van der Waals surface area (Å²) < 4.78 is 8.93. The minimum absolute atomic E-state index is 0.120. The van der Waals surface area contributed by atoms with Gasteiger partial charge in [-0.2, -0.15) is 0 Å². The quantitative estimate of drug-likeness (QED) is 0.114. The zero-order valence-corrected chi connectivity index (χ0v) is 21.6. The number of carbonyl (C=O) groups is 6. The van der Waals surface area contributed by atoms with Gasteiger partial charge in [0, 0.05) is 12.8 Å². The molecule has 1 aliphatic heterocycles. The molecule has 2 atom stereocenters. The Morgan fingerprint density at radius 2 is 1.51 bits per heavy atom. The standard InChI is InChI=1S/C9H16O6.C9H14O5.C5H9NO2/c1-3-4-5-7(10)15-6(2)9(13,14)8(11)12;1-6(2)5-9(13)14-8(12)4-3-7(10)11;7-5(8)4-2-1-3-6-4/h6,13-14H,3-5H2,1-2H3,(H,11,12);6H,3-5H2,1-2H3,(H,10,11);4,6H,1-3H2,(H,7,8)/t;;4-/m..0/s1. The van der Waals surface area contributed by atoms with Crippen LogP contribution in [0.4, 0.5) is 0 Å². The number of carboxylic acid groups (broad SMARTS) is 3. The molecule has 1 unspecified atom stereocenters. The molecule has 1 fully saturated rings. The molecule has 0 saturated carbocycles. The van der Waals surface area contributed by atoms with Gasteiger partial charge < -0.3 is 40.3 Å². The molecule has 0 aromatic heterocycles. The Hall–Kier alpha value is -3.10. The van der Waals surface area contributed by atoms with Crippen molar-refractivity contribution in [2.75, 3.05) is 6.54 Å². The van der Waals surface area contributed by atoms with Crippen LogP contribution < -0.4 is 5.32 Å². The summed E-state index contributed by atoms with van der Waals surface area (Å²) in [7, 11) is 0. The number of carbonyl (C=O) groups excluding carboxylic acids is 3. The van der Waals surface area contributed by atoms with Gasteiger partial charge in [-0.15, -0.1) is 0 Å². The normalized spacial score (nSPS) is 15.3. The number of nitrogens with one attached hydrogen (secondary N) is 1. The molecule has 1 aliphatic rings. The first-order chi connectivity index (χ1) is 17.0. The minimum Gasteiger partial charge on any atom is -0.481 e. The summed E-state index contributed by atoms with van der Waals surface area (Å²) in [5.74, 6) is -8.60. The van der Waals surface area contributed by atoms with Crippen molar-refractivity contribution in [3.05, 3.63) is 0 Å². The van der Waals surface area contributed by atoms with Crippen LogP contribution in [0.2, 0.25) is 0 Å². The fraction of sp³-hybridized carbons (Fsp3) is 0.739. The molecule has 0 amide bonds. The van der Waals surface area contributed by atoms with E-state index < -0.39 is 47.7 Å². The Labute approximate surface area is 214 Å². The maximum atomic E-state index is 11.0. The first-order valence-electron chi connectivity index (χ1n) is 11.8. The topological polar surface area (TPSA) is 234 Å². The van der Waals surface area contributed by atoms with E-state index in [0.717, 1.165) is 32.7 Å². The van der Waals surface area contributed by atoms with Gasteiger partial charge in [-0.3, -0.25) is 24.0 Å². The number of aliphatic hydroxyl groups is 2. The average molecular weight is 538 g/mol. The third kappa shape index (κ3) is 18.8. The minimum atomic E-state index is -3.04. The fourth-order valence-electron chi connectivity index (χ4n) is 2.49. The lowest BCUT2D eigenvalue weighted by Gasteiger charge is -2.23. The van der Waals surface area contributed by atoms with Crippen molar-refractivity contribution in [2.24, 2.45) is 5.92 Å². The third-order valence-electron chi connectivity index (χ3n) is 4.63. The number of hydrogen-bond donors (Lipinski definition) is 6. The summed E-state index contributed by atoms with van der Waals surface area (Å²) in [5.41, 5.74) is 0. The smallest absolute Gasteiger partial charge is 0.368 e. The Morgan fingerprint density at radius 1 is 0.919 bits per heavy atom. The molecule has 14 nitrogen and oxygen atoms in total. The van der Waals surface area contributed by atoms with E-state index in [2.05, 4.69) is 14.8 Å². The molecular weight excluding hydrogens is 498 g/mol. The number of unbranched alkanes of at least 4 members (excludes halogenated alkanes) is 1. The lowest BCUT2D eigenvalue weighted by molar-refractivity contribution is -0.239. The van der Waals surface area contributed by atoms with Crippen molar-refractivity contribution in [1.29, 1.82) is 0 Å². The van der Waals surface area contributed by atoms with E-state index in [1.54, 1.807) is 0 Å². The average Bonchev–Trinajstić information content (AvgIpc) is 3.32. The maximum Gasteiger partial charge on any atom is 0.368 e. The van der Waals surface area contributed by atoms with E-state index in [1.165, 1.54) is 0 Å².